The molecule has 0 saturated carbocycles. The normalized spacial score (nSPS) is 25.0. The highest BCUT2D eigenvalue weighted by Gasteiger charge is 2.40. The fourth-order valence-electron chi connectivity index (χ4n) is 3.71. The molecule has 1 aromatic rings. The zero-order chi connectivity index (χ0) is 19.6. The molecule has 2 amide bonds. The topological polar surface area (TPSA) is 105 Å². The lowest BCUT2D eigenvalue weighted by atomic mass is 10.1. The second-order valence-electron chi connectivity index (χ2n) is 7.07. The Morgan fingerprint density at radius 1 is 1.15 bits per heavy atom. The quantitative estimate of drug-likeness (QED) is 0.717. The van der Waals surface area contributed by atoms with Crippen molar-refractivity contribution in [3.05, 3.63) is 29.3 Å². The van der Waals surface area contributed by atoms with E-state index in [1.807, 2.05) is 6.92 Å². The summed E-state index contributed by atoms with van der Waals surface area (Å²) in [5.41, 5.74) is 1.35. The van der Waals surface area contributed by atoms with Crippen LogP contribution in [0.15, 0.2) is 18.2 Å². The molecule has 148 valence electrons. The largest absolute Gasteiger partial charge is 0.491 e. The van der Waals surface area contributed by atoms with Crippen LogP contribution in [0.1, 0.15) is 35.2 Å². The highest BCUT2D eigenvalue weighted by atomic mass is 32.2. The van der Waals surface area contributed by atoms with Crippen LogP contribution in [0.3, 0.4) is 0 Å². The number of carbonyl (C=O) groups is 2. The Bertz CT molecular complexity index is 839. The highest BCUT2D eigenvalue weighted by Crippen LogP contribution is 2.29. The van der Waals surface area contributed by atoms with Gasteiger partial charge in [0.05, 0.1) is 12.8 Å². The summed E-state index contributed by atoms with van der Waals surface area (Å²) in [5, 5.41) is 5.60. The number of benzene rings is 1. The fourth-order valence-corrected chi connectivity index (χ4v) is 5.15. The van der Waals surface area contributed by atoms with Gasteiger partial charge in [-0.05, 0) is 37.5 Å². The number of amides is 2. The van der Waals surface area contributed by atoms with Gasteiger partial charge in [-0.15, -0.1) is 0 Å². The molecule has 27 heavy (non-hydrogen) atoms. The number of hydrogen-bond acceptors (Lipinski definition) is 5. The van der Waals surface area contributed by atoms with Gasteiger partial charge in [0.25, 0.3) is 5.91 Å². The second-order valence-corrected chi connectivity index (χ2v) is 8.96. The highest BCUT2D eigenvalue weighted by molar-refractivity contribution is 7.88. The molecule has 4 bridgehead atoms. The maximum Gasteiger partial charge on any atom is 0.251 e. The maximum absolute atomic E-state index is 12.5. The van der Waals surface area contributed by atoms with Crippen LogP contribution in [-0.4, -0.2) is 62.6 Å². The van der Waals surface area contributed by atoms with Gasteiger partial charge >= 0.3 is 0 Å². The molecule has 1 saturated heterocycles. The molecule has 1 aromatic carbocycles. The third-order valence-corrected chi connectivity index (χ3v) is 6.35. The van der Waals surface area contributed by atoms with E-state index in [1.54, 1.807) is 18.2 Å². The van der Waals surface area contributed by atoms with Crippen molar-refractivity contribution in [2.24, 2.45) is 0 Å². The van der Waals surface area contributed by atoms with Gasteiger partial charge in [-0.3, -0.25) is 9.59 Å². The van der Waals surface area contributed by atoms with Crippen molar-refractivity contribution in [1.82, 2.24) is 14.9 Å². The van der Waals surface area contributed by atoms with Gasteiger partial charge in [0.2, 0.25) is 15.9 Å². The molecule has 2 atom stereocenters. The molecule has 1 fully saturated rings. The Balaban J connectivity index is 1.87. The number of nitrogens with one attached hydrogen (secondary N) is 2. The van der Waals surface area contributed by atoms with Crippen molar-refractivity contribution in [3.63, 3.8) is 0 Å². The zero-order valence-corrected chi connectivity index (χ0v) is 16.3. The number of ether oxygens (including phenoxy) is 1. The van der Waals surface area contributed by atoms with E-state index in [0.29, 0.717) is 30.7 Å². The van der Waals surface area contributed by atoms with Crippen molar-refractivity contribution < 1.29 is 22.7 Å². The lowest BCUT2D eigenvalue weighted by Crippen LogP contribution is -2.47. The van der Waals surface area contributed by atoms with Crippen LogP contribution in [0.4, 0.5) is 0 Å². The van der Waals surface area contributed by atoms with Gasteiger partial charge in [0.1, 0.15) is 12.4 Å². The Kier molecular flexibility index (Phi) is 5.71. The molecule has 0 unspecified atom stereocenters. The van der Waals surface area contributed by atoms with Crippen molar-refractivity contribution in [1.29, 1.82) is 0 Å². The van der Waals surface area contributed by atoms with Gasteiger partial charge in [0, 0.05) is 30.6 Å². The van der Waals surface area contributed by atoms with E-state index in [9.17, 15) is 18.0 Å². The first-order valence-electron chi connectivity index (χ1n) is 9.02. The molecule has 2 aliphatic rings. The molecule has 0 aromatic heterocycles. The molecule has 0 aliphatic carbocycles. The van der Waals surface area contributed by atoms with Crippen LogP contribution in [0, 0.1) is 6.92 Å². The average molecular weight is 395 g/mol. The van der Waals surface area contributed by atoms with Crippen LogP contribution < -0.4 is 15.4 Å². The standard InChI is InChI=1S/C18H25N3O5S/c1-12-3-4-13-9-16(12)26-8-7-19-17(22)10-14-5-6-15(11-20-18(13)23)21(14)27(2,24)25/h3-4,9,14-15H,5-8,10-11H2,1-2H3,(H,19,22)(H,20,23)/t14-,15+/m0/s1. The lowest BCUT2D eigenvalue weighted by molar-refractivity contribution is -0.121. The number of carbonyl (C=O) groups excluding carboxylic acids is 2. The first-order chi connectivity index (χ1) is 12.8. The van der Waals surface area contributed by atoms with Gasteiger partial charge < -0.3 is 15.4 Å². The minimum atomic E-state index is -3.50. The van der Waals surface area contributed by atoms with E-state index in [-0.39, 0.29) is 37.4 Å². The summed E-state index contributed by atoms with van der Waals surface area (Å²) in [6.07, 6.45) is 2.44. The lowest BCUT2D eigenvalue weighted by Gasteiger charge is -2.27. The SMILES string of the molecule is Cc1ccc2cc1OCCNC(=O)C[C@@H]1CC[C@H](CNC2=O)N1S(C)(=O)=O. The second kappa shape index (κ2) is 7.85. The average Bonchev–Trinajstić information content (AvgIpc) is 3.00. The number of rotatable bonds is 1. The van der Waals surface area contributed by atoms with Crippen LogP contribution in [0.25, 0.3) is 0 Å². The molecule has 8 nitrogen and oxygen atoms in total. The molecular weight excluding hydrogens is 370 g/mol. The minimum Gasteiger partial charge on any atom is -0.491 e. The van der Waals surface area contributed by atoms with Crippen molar-refractivity contribution in [3.8, 4) is 5.75 Å². The van der Waals surface area contributed by atoms with Crippen LogP contribution in [-0.2, 0) is 14.8 Å². The molecule has 2 aliphatic heterocycles. The Morgan fingerprint density at radius 3 is 2.63 bits per heavy atom. The van der Waals surface area contributed by atoms with E-state index in [4.69, 9.17) is 4.74 Å². The number of fused-ring (bicyclic) bond motifs is 4. The molecule has 2 N–H and O–H groups in total. The van der Waals surface area contributed by atoms with Gasteiger partial charge in [-0.1, -0.05) is 6.07 Å². The third kappa shape index (κ3) is 4.59. The Morgan fingerprint density at radius 2 is 1.89 bits per heavy atom. The van der Waals surface area contributed by atoms with Crippen LogP contribution in [0.5, 0.6) is 5.75 Å². The summed E-state index contributed by atoms with van der Waals surface area (Å²) in [4.78, 5) is 24.7. The molecule has 0 spiro atoms. The first-order valence-corrected chi connectivity index (χ1v) is 10.9. The molecule has 0 radical (unpaired) electrons. The summed E-state index contributed by atoms with van der Waals surface area (Å²) in [5.74, 6) is 0.106. The summed E-state index contributed by atoms with van der Waals surface area (Å²) in [7, 11) is -3.50. The predicted molar refractivity (Wildman–Crippen MR) is 100 cm³/mol. The van der Waals surface area contributed by atoms with E-state index in [0.717, 1.165) is 11.8 Å². The number of aryl methyl sites for hydroxylation is 1. The van der Waals surface area contributed by atoms with Gasteiger partial charge in [0.15, 0.2) is 0 Å². The zero-order valence-electron chi connectivity index (χ0n) is 15.5. The molecule has 2 heterocycles. The third-order valence-electron chi connectivity index (χ3n) is 4.99. The molecule has 9 heteroatoms. The Hall–Kier alpha value is -2.13. The Labute approximate surface area is 159 Å². The van der Waals surface area contributed by atoms with E-state index in [1.165, 1.54) is 4.31 Å². The number of nitrogens with zero attached hydrogens (tertiary/aromatic N) is 1. The monoisotopic (exact) mass is 395 g/mol. The predicted octanol–water partition coefficient (Wildman–Crippen LogP) is 0.416. The summed E-state index contributed by atoms with van der Waals surface area (Å²) in [6, 6.07) is 4.43. The summed E-state index contributed by atoms with van der Waals surface area (Å²) >= 11 is 0. The van der Waals surface area contributed by atoms with Crippen molar-refractivity contribution in [2.75, 3.05) is 26.0 Å². The van der Waals surface area contributed by atoms with Gasteiger partial charge in [-0.25, -0.2) is 8.42 Å². The smallest absolute Gasteiger partial charge is 0.251 e. The summed E-state index contributed by atoms with van der Waals surface area (Å²) < 4.78 is 31.6. The molecule has 3 rings (SSSR count). The van der Waals surface area contributed by atoms with Crippen LogP contribution >= 0.6 is 0 Å². The fraction of sp³-hybridized carbons (Fsp3) is 0.556. The van der Waals surface area contributed by atoms with E-state index < -0.39 is 16.1 Å². The maximum atomic E-state index is 12.5. The van der Waals surface area contributed by atoms with Crippen LogP contribution in [0.2, 0.25) is 0 Å². The minimum absolute atomic E-state index is 0.101. The van der Waals surface area contributed by atoms with Gasteiger partial charge in [-0.2, -0.15) is 4.31 Å². The first kappa shape index (κ1) is 19.6. The number of hydrogen-bond donors (Lipinski definition) is 2. The van der Waals surface area contributed by atoms with Crippen molar-refractivity contribution >= 4 is 21.8 Å². The molecular formula is C18H25N3O5S. The van der Waals surface area contributed by atoms with E-state index >= 15 is 0 Å². The van der Waals surface area contributed by atoms with Crippen molar-refractivity contribution in [2.45, 2.75) is 38.3 Å². The summed E-state index contributed by atoms with van der Waals surface area (Å²) in [6.45, 7) is 2.66. The van der Waals surface area contributed by atoms with E-state index in [2.05, 4.69) is 10.6 Å². The number of sulfonamides is 1.